The molecule has 0 aliphatic rings. The molecule has 0 bridgehead atoms. The van der Waals surface area contributed by atoms with Crippen LogP contribution in [0.4, 0.5) is 14.5 Å². The monoisotopic (exact) mass is 278 g/mol. The molecule has 1 rings (SSSR count). The van der Waals surface area contributed by atoms with Gasteiger partial charge in [0, 0.05) is 13.6 Å². The van der Waals surface area contributed by atoms with Gasteiger partial charge in [0.15, 0.2) is 12.1 Å². The molecule has 0 saturated heterocycles. The van der Waals surface area contributed by atoms with E-state index in [-0.39, 0.29) is 12.8 Å². The Morgan fingerprint density at radius 2 is 2.00 bits per heavy atom. The second-order valence-corrected chi connectivity index (χ2v) is 5.24. The van der Waals surface area contributed by atoms with Crippen LogP contribution in [0.15, 0.2) is 12.1 Å². The predicted molar refractivity (Wildman–Crippen MR) is 62.6 cm³/mol. The molecule has 18 heavy (non-hydrogen) atoms. The fourth-order valence-electron chi connectivity index (χ4n) is 1.14. The lowest BCUT2D eigenvalue weighted by Gasteiger charge is -2.17. The summed E-state index contributed by atoms with van der Waals surface area (Å²) in [5, 5.41) is 0. The number of aldehydes is 1. The SMILES string of the molecule is CCN(C)S(=O)(=O)Nc1ccc(F)c(C=O)c1F. The Morgan fingerprint density at radius 3 is 2.50 bits per heavy atom. The summed E-state index contributed by atoms with van der Waals surface area (Å²) in [6.45, 7) is 1.77. The van der Waals surface area contributed by atoms with Crippen molar-refractivity contribution in [2.75, 3.05) is 18.3 Å². The van der Waals surface area contributed by atoms with Crippen molar-refractivity contribution in [2.45, 2.75) is 6.92 Å². The first-order valence-corrected chi connectivity index (χ1v) is 6.44. The van der Waals surface area contributed by atoms with E-state index < -0.39 is 33.1 Å². The van der Waals surface area contributed by atoms with Crippen molar-refractivity contribution in [3.63, 3.8) is 0 Å². The number of hydrogen-bond acceptors (Lipinski definition) is 3. The molecule has 1 N–H and O–H groups in total. The van der Waals surface area contributed by atoms with Crippen LogP contribution in [0, 0.1) is 11.6 Å². The molecule has 100 valence electrons. The van der Waals surface area contributed by atoms with E-state index in [0.717, 1.165) is 16.4 Å². The van der Waals surface area contributed by atoms with E-state index in [9.17, 15) is 22.0 Å². The molecule has 0 radical (unpaired) electrons. The molecular formula is C10H12F2N2O3S. The average molecular weight is 278 g/mol. The van der Waals surface area contributed by atoms with Gasteiger partial charge in [0.1, 0.15) is 5.82 Å². The second kappa shape index (κ2) is 5.40. The van der Waals surface area contributed by atoms with Gasteiger partial charge in [0.25, 0.3) is 0 Å². The van der Waals surface area contributed by atoms with Crippen molar-refractivity contribution < 1.29 is 22.0 Å². The van der Waals surface area contributed by atoms with Gasteiger partial charge < -0.3 is 0 Å². The van der Waals surface area contributed by atoms with E-state index in [2.05, 4.69) is 0 Å². The van der Waals surface area contributed by atoms with Crippen LogP contribution in [0.5, 0.6) is 0 Å². The van der Waals surface area contributed by atoms with E-state index >= 15 is 0 Å². The molecule has 0 unspecified atom stereocenters. The zero-order valence-electron chi connectivity index (χ0n) is 9.78. The van der Waals surface area contributed by atoms with E-state index in [1.54, 1.807) is 6.92 Å². The molecule has 8 heteroatoms. The Labute approximate surface area is 104 Å². The Balaban J connectivity index is 3.18. The minimum Gasteiger partial charge on any atom is -0.298 e. The van der Waals surface area contributed by atoms with Crippen molar-refractivity contribution in [2.24, 2.45) is 0 Å². The molecule has 1 aromatic rings. The Hall–Kier alpha value is -1.54. The standard InChI is InChI=1S/C10H12F2N2O3S/c1-3-14(2)18(16,17)13-9-5-4-8(11)7(6-15)10(9)12/h4-6,13H,3H2,1-2H3. The van der Waals surface area contributed by atoms with Crippen LogP contribution in [0.3, 0.4) is 0 Å². The van der Waals surface area contributed by atoms with Gasteiger partial charge >= 0.3 is 10.2 Å². The van der Waals surface area contributed by atoms with Crippen molar-refractivity contribution >= 4 is 22.2 Å². The van der Waals surface area contributed by atoms with Crippen LogP contribution >= 0.6 is 0 Å². The quantitative estimate of drug-likeness (QED) is 0.828. The summed E-state index contributed by atoms with van der Waals surface area (Å²) >= 11 is 0. The average Bonchev–Trinajstić information content (AvgIpc) is 2.32. The van der Waals surface area contributed by atoms with Crippen LogP contribution in [0.25, 0.3) is 0 Å². The summed E-state index contributed by atoms with van der Waals surface area (Å²) in [6, 6.07) is 1.73. The van der Waals surface area contributed by atoms with Gasteiger partial charge in [-0.25, -0.2) is 8.78 Å². The molecule has 0 fully saturated rings. The number of halogens is 2. The molecule has 0 aliphatic carbocycles. The lowest BCUT2D eigenvalue weighted by atomic mass is 10.2. The maximum Gasteiger partial charge on any atom is 0.301 e. The Morgan fingerprint density at radius 1 is 1.39 bits per heavy atom. The molecule has 0 heterocycles. The second-order valence-electron chi connectivity index (χ2n) is 3.46. The number of nitrogens with one attached hydrogen (secondary N) is 1. The zero-order valence-corrected chi connectivity index (χ0v) is 10.6. The van der Waals surface area contributed by atoms with Gasteiger partial charge in [0.2, 0.25) is 0 Å². The third-order valence-corrected chi connectivity index (χ3v) is 3.90. The van der Waals surface area contributed by atoms with Crippen LogP contribution in [0.1, 0.15) is 17.3 Å². The van der Waals surface area contributed by atoms with Gasteiger partial charge in [-0.15, -0.1) is 0 Å². The summed E-state index contributed by atoms with van der Waals surface area (Å²) < 4.78 is 52.8. The van der Waals surface area contributed by atoms with Crippen LogP contribution in [0.2, 0.25) is 0 Å². The minimum absolute atomic E-state index is 0.00794. The Kier molecular flexibility index (Phi) is 4.36. The van der Waals surface area contributed by atoms with E-state index in [4.69, 9.17) is 0 Å². The third-order valence-electron chi connectivity index (χ3n) is 2.34. The highest BCUT2D eigenvalue weighted by Gasteiger charge is 2.20. The van der Waals surface area contributed by atoms with Gasteiger partial charge in [-0.2, -0.15) is 12.7 Å². The molecule has 1 aromatic carbocycles. The van der Waals surface area contributed by atoms with Crippen LogP contribution < -0.4 is 4.72 Å². The fraction of sp³-hybridized carbons (Fsp3) is 0.300. The summed E-state index contributed by atoms with van der Waals surface area (Å²) in [4.78, 5) is 10.5. The van der Waals surface area contributed by atoms with Gasteiger partial charge in [-0.1, -0.05) is 6.92 Å². The summed E-state index contributed by atoms with van der Waals surface area (Å²) in [7, 11) is -2.62. The number of nitrogens with zero attached hydrogens (tertiary/aromatic N) is 1. The van der Waals surface area contributed by atoms with Gasteiger partial charge in [-0.3, -0.25) is 9.52 Å². The lowest BCUT2D eigenvalue weighted by Crippen LogP contribution is -2.32. The normalized spacial score (nSPS) is 11.6. The summed E-state index contributed by atoms with van der Waals surface area (Å²) in [6.07, 6.45) is -0.00794. The first-order valence-electron chi connectivity index (χ1n) is 5.00. The van der Waals surface area contributed by atoms with Crippen molar-refractivity contribution in [1.82, 2.24) is 4.31 Å². The number of hydrogen-bond donors (Lipinski definition) is 1. The molecular weight excluding hydrogens is 266 g/mol. The van der Waals surface area contributed by atoms with Gasteiger partial charge in [0.05, 0.1) is 11.3 Å². The molecule has 0 atom stereocenters. The van der Waals surface area contributed by atoms with Crippen LogP contribution in [-0.2, 0) is 10.2 Å². The van der Waals surface area contributed by atoms with E-state index in [0.29, 0.717) is 0 Å². The van der Waals surface area contributed by atoms with E-state index in [1.807, 2.05) is 4.72 Å². The van der Waals surface area contributed by atoms with Crippen LogP contribution in [-0.4, -0.2) is 32.6 Å². The first-order chi connectivity index (χ1) is 8.33. The smallest absolute Gasteiger partial charge is 0.298 e. The topological polar surface area (TPSA) is 66.5 Å². The molecule has 5 nitrogen and oxygen atoms in total. The minimum atomic E-state index is -3.92. The summed E-state index contributed by atoms with van der Waals surface area (Å²) in [5.74, 6) is -2.28. The maximum atomic E-state index is 13.6. The molecule has 0 spiro atoms. The van der Waals surface area contributed by atoms with Gasteiger partial charge in [-0.05, 0) is 12.1 Å². The maximum absolute atomic E-state index is 13.6. The number of carbonyl (C=O) groups is 1. The highest BCUT2D eigenvalue weighted by Crippen LogP contribution is 2.21. The van der Waals surface area contributed by atoms with Crippen molar-refractivity contribution in [1.29, 1.82) is 0 Å². The van der Waals surface area contributed by atoms with E-state index in [1.165, 1.54) is 7.05 Å². The molecule has 0 aromatic heterocycles. The molecule has 0 aliphatic heterocycles. The van der Waals surface area contributed by atoms with Crippen molar-refractivity contribution in [3.05, 3.63) is 29.3 Å². The predicted octanol–water partition coefficient (Wildman–Crippen LogP) is 1.39. The zero-order chi connectivity index (χ0) is 13.9. The highest BCUT2D eigenvalue weighted by molar-refractivity contribution is 7.90. The number of anilines is 1. The Bertz CT molecular complexity index is 560. The number of rotatable bonds is 5. The third kappa shape index (κ3) is 2.82. The largest absolute Gasteiger partial charge is 0.301 e. The summed E-state index contributed by atoms with van der Waals surface area (Å²) in [5.41, 5.74) is -1.28. The fourth-order valence-corrected chi connectivity index (χ4v) is 2.07. The lowest BCUT2D eigenvalue weighted by molar-refractivity contribution is 0.111. The molecule has 0 saturated carbocycles. The first kappa shape index (κ1) is 14.5. The number of benzene rings is 1. The highest BCUT2D eigenvalue weighted by atomic mass is 32.2. The number of carbonyl (C=O) groups excluding carboxylic acids is 1. The molecule has 0 amide bonds. The van der Waals surface area contributed by atoms with Crippen molar-refractivity contribution in [3.8, 4) is 0 Å².